The lowest BCUT2D eigenvalue weighted by molar-refractivity contribution is 0.414. The molecule has 0 amide bonds. The topological polar surface area (TPSA) is 21.3 Å². The molecular formula is C17H29NOS. The minimum atomic E-state index is 0.298. The minimum absolute atomic E-state index is 0.298. The van der Waals surface area contributed by atoms with E-state index in [0.717, 1.165) is 24.5 Å². The van der Waals surface area contributed by atoms with Gasteiger partial charge >= 0.3 is 0 Å². The average Bonchev–Trinajstić information content (AvgIpc) is 2.38. The van der Waals surface area contributed by atoms with Crippen LogP contribution in [0.5, 0.6) is 5.75 Å². The van der Waals surface area contributed by atoms with Gasteiger partial charge in [-0.1, -0.05) is 33.8 Å². The van der Waals surface area contributed by atoms with E-state index in [1.165, 1.54) is 11.1 Å². The first kappa shape index (κ1) is 17.4. The first-order valence-electron chi connectivity index (χ1n) is 7.39. The molecule has 0 aliphatic carbocycles. The van der Waals surface area contributed by atoms with E-state index in [2.05, 4.69) is 58.1 Å². The molecule has 2 nitrogen and oxygen atoms in total. The van der Waals surface area contributed by atoms with E-state index < -0.39 is 0 Å². The zero-order valence-electron chi connectivity index (χ0n) is 13.7. The van der Waals surface area contributed by atoms with E-state index in [4.69, 9.17) is 4.74 Å². The molecule has 0 aliphatic heterocycles. The summed E-state index contributed by atoms with van der Waals surface area (Å²) in [7, 11) is 1.72. The van der Waals surface area contributed by atoms with Gasteiger partial charge in [-0.2, -0.15) is 11.8 Å². The van der Waals surface area contributed by atoms with Crippen LogP contribution in [0.3, 0.4) is 0 Å². The van der Waals surface area contributed by atoms with E-state index in [9.17, 15) is 0 Å². The highest BCUT2D eigenvalue weighted by molar-refractivity contribution is 8.00. The van der Waals surface area contributed by atoms with Crippen molar-refractivity contribution in [2.45, 2.75) is 51.8 Å². The second kappa shape index (κ2) is 7.94. The molecule has 0 saturated heterocycles. The monoisotopic (exact) mass is 295 g/mol. The average molecular weight is 295 g/mol. The molecule has 1 unspecified atom stereocenters. The predicted octanol–water partition coefficient (Wildman–Crippen LogP) is 4.58. The Balaban J connectivity index is 2.86. The summed E-state index contributed by atoms with van der Waals surface area (Å²) in [6.07, 6.45) is 1.16. The molecule has 1 aromatic rings. The van der Waals surface area contributed by atoms with Crippen molar-refractivity contribution in [1.82, 2.24) is 5.32 Å². The predicted molar refractivity (Wildman–Crippen MR) is 91.0 cm³/mol. The molecule has 3 heteroatoms. The number of ether oxygens (including phenoxy) is 1. The van der Waals surface area contributed by atoms with E-state index >= 15 is 0 Å². The zero-order valence-corrected chi connectivity index (χ0v) is 14.6. The number of thioether (sulfide) groups is 1. The second-order valence-corrected chi connectivity index (χ2v) is 8.00. The number of aryl methyl sites for hydroxylation is 1. The second-order valence-electron chi connectivity index (χ2n) is 6.15. The highest BCUT2D eigenvalue weighted by atomic mass is 32.2. The van der Waals surface area contributed by atoms with Crippen LogP contribution in [0.15, 0.2) is 18.2 Å². The van der Waals surface area contributed by atoms with Crippen LogP contribution in [-0.4, -0.2) is 24.2 Å². The van der Waals surface area contributed by atoms with Gasteiger partial charge in [-0.15, -0.1) is 0 Å². The Morgan fingerprint density at radius 2 is 2.00 bits per heavy atom. The van der Waals surface area contributed by atoms with E-state index in [-0.39, 0.29) is 0 Å². The molecule has 0 saturated carbocycles. The van der Waals surface area contributed by atoms with Crippen LogP contribution in [0.1, 0.15) is 51.3 Å². The molecule has 1 N–H and O–H groups in total. The van der Waals surface area contributed by atoms with Crippen molar-refractivity contribution in [2.75, 3.05) is 19.4 Å². The molecular weight excluding hydrogens is 266 g/mol. The highest BCUT2D eigenvalue weighted by Gasteiger charge is 2.18. The van der Waals surface area contributed by atoms with E-state index in [0.29, 0.717) is 10.8 Å². The third kappa shape index (κ3) is 5.76. The molecule has 1 rings (SSSR count). The Kier molecular flexibility index (Phi) is 6.90. The number of hydrogen-bond acceptors (Lipinski definition) is 3. The van der Waals surface area contributed by atoms with Crippen LogP contribution in [-0.2, 0) is 0 Å². The normalized spacial score (nSPS) is 13.3. The Hall–Kier alpha value is -0.670. The lowest BCUT2D eigenvalue weighted by atomic mass is 10.0. The SMILES string of the molecule is CCCNC(CSC(C)(C)C)c1ccc(OC)cc1C. The fourth-order valence-corrected chi connectivity index (χ4v) is 3.04. The summed E-state index contributed by atoms with van der Waals surface area (Å²) in [5.74, 6) is 2.03. The van der Waals surface area contributed by atoms with Crippen LogP contribution in [0.4, 0.5) is 0 Å². The summed E-state index contributed by atoms with van der Waals surface area (Å²) >= 11 is 2.01. The van der Waals surface area contributed by atoms with Crippen LogP contribution in [0, 0.1) is 6.92 Å². The summed E-state index contributed by atoms with van der Waals surface area (Å²) in [6, 6.07) is 6.79. The Morgan fingerprint density at radius 1 is 1.30 bits per heavy atom. The molecule has 1 atom stereocenters. The van der Waals surface area contributed by atoms with Gasteiger partial charge in [0.2, 0.25) is 0 Å². The zero-order chi connectivity index (χ0) is 15.2. The van der Waals surface area contributed by atoms with Crippen molar-refractivity contribution in [3.63, 3.8) is 0 Å². The maximum atomic E-state index is 5.30. The molecule has 0 heterocycles. The standard InChI is InChI=1S/C17H29NOS/c1-7-10-18-16(12-20-17(3,4)5)15-9-8-14(19-6)11-13(15)2/h8-9,11,16,18H,7,10,12H2,1-6H3. The van der Waals surface area contributed by atoms with Crippen molar-refractivity contribution < 1.29 is 4.74 Å². The van der Waals surface area contributed by atoms with Gasteiger partial charge in [-0.05, 0) is 43.1 Å². The van der Waals surface area contributed by atoms with Crippen molar-refractivity contribution in [2.24, 2.45) is 0 Å². The van der Waals surface area contributed by atoms with Gasteiger partial charge < -0.3 is 10.1 Å². The lowest BCUT2D eigenvalue weighted by Crippen LogP contribution is -2.26. The summed E-state index contributed by atoms with van der Waals surface area (Å²) in [6.45, 7) is 12.3. The van der Waals surface area contributed by atoms with Crippen molar-refractivity contribution >= 4 is 11.8 Å². The van der Waals surface area contributed by atoms with E-state index in [1.54, 1.807) is 7.11 Å². The molecule has 1 aromatic carbocycles. The molecule has 0 radical (unpaired) electrons. The Bertz CT molecular complexity index is 412. The molecule has 0 aromatic heterocycles. The lowest BCUT2D eigenvalue weighted by Gasteiger charge is -2.25. The number of hydrogen-bond donors (Lipinski definition) is 1. The van der Waals surface area contributed by atoms with Gasteiger partial charge in [-0.3, -0.25) is 0 Å². The molecule has 20 heavy (non-hydrogen) atoms. The van der Waals surface area contributed by atoms with Crippen molar-refractivity contribution in [3.05, 3.63) is 29.3 Å². The largest absolute Gasteiger partial charge is 0.497 e. The Labute approximate surface area is 128 Å². The number of benzene rings is 1. The molecule has 114 valence electrons. The first-order valence-corrected chi connectivity index (χ1v) is 8.38. The van der Waals surface area contributed by atoms with Gasteiger partial charge in [0.05, 0.1) is 7.11 Å². The number of rotatable bonds is 7. The molecule has 0 spiro atoms. The van der Waals surface area contributed by atoms with Crippen molar-refractivity contribution in [3.8, 4) is 5.75 Å². The molecule has 0 fully saturated rings. The summed E-state index contributed by atoms with van der Waals surface area (Å²) < 4.78 is 5.60. The van der Waals surface area contributed by atoms with Gasteiger partial charge in [0.1, 0.15) is 5.75 Å². The van der Waals surface area contributed by atoms with Gasteiger partial charge in [0.25, 0.3) is 0 Å². The summed E-state index contributed by atoms with van der Waals surface area (Å²) in [5, 5.41) is 3.67. The summed E-state index contributed by atoms with van der Waals surface area (Å²) in [5.41, 5.74) is 2.68. The smallest absolute Gasteiger partial charge is 0.119 e. The number of nitrogens with one attached hydrogen (secondary N) is 1. The van der Waals surface area contributed by atoms with Crippen LogP contribution in [0.2, 0.25) is 0 Å². The van der Waals surface area contributed by atoms with Crippen LogP contribution >= 0.6 is 11.8 Å². The van der Waals surface area contributed by atoms with Gasteiger partial charge in [-0.25, -0.2) is 0 Å². The fourth-order valence-electron chi connectivity index (χ4n) is 2.08. The highest BCUT2D eigenvalue weighted by Crippen LogP contribution is 2.30. The van der Waals surface area contributed by atoms with Crippen LogP contribution in [0.25, 0.3) is 0 Å². The third-order valence-corrected chi connectivity index (χ3v) is 4.54. The van der Waals surface area contributed by atoms with Crippen LogP contribution < -0.4 is 10.1 Å². The number of methoxy groups -OCH3 is 1. The Morgan fingerprint density at radius 3 is 2.50 bits per heavy atom. The minimum Gasteiger partial charge on any atom is -0.497 e. The quantitative estimate of drug-likeness (QED) is 0.796. The summed E-state index contributed by atoms with van der Waals surface area (Å²) in [4.78, 5) is 0. The first-order chi connectivity index (χ1) is 9.37. The third-order valence-electron chi connectivity index (χ3n) is 3.18. The maximum absolute atomic E-state index is 5.30. The van der Waals surface area contributed by atoms with Crippen molar-refractivity contribution in [1.29, 1.82) is 0 Å². The van der Waals surface area contributed by atoms with E-state index in [1.807, 2.05) is 11.8 Å². The molecule has 0 aliphatic rings. The van der Waals surface area contributed by atoms with Gasteiger partial charge in [0, 0.05) is 16.5 Å². The maximum Gasteiger partial charge on any atom is 0.119 e. The fraction of sp³-hybridized carbons (Fsp3) is 0.647. The van der Waals surface area contributed by atoms with Gasteiger partial charge in [0.15, 0.2) is 0 Å². The molecule has 0 bridgehead atoms.